The number of methoxy groups -OCH3 is 1. The second kappa shape index (κ2) is 7.69. The average molecular weight is 371 g/mol. The molecule has 0 saturated carbocycles. The molecule has 0 atom stereocenters. The maximum Gasteiger partial charge on any atom is 0.125 e. The maximum atomic E-state index is 6.01. The van der Waals surface area contributed by atoms with Crippen LogP contribution in [0, 0.1) is 0 Å². The Morgan fingerprint density at radius 3 is 2.67 bits per heavy atom. The van der Waals surface area contributed by atoms with E-state index in [-0.39, 0.29) is 0 Å². The molecular formula is C16H17BrClNO2. The van der Waals surface area contributed by atoms with Crippen LogP contribution in [0.5, 0.6) is 11.5 Å². The first-order chi connectivity index (χ1) is 10.1. The Labute approximate surface area is 138 Å². The molecule has 21 heavy (non-hydrogen) atoms. The highest BCUT2D eigenvalue weighted by Gasteiger charge is 2.06. The van der Waals surface area contributed by atoms with Crippen LogP contribution in [0.3, 0.4) is 0 Å². The van der Waals surface area contributed by atoms with Crippen molar-refractivity contribution in [2.75, 3.05) is 13.7 Å². The van der Waals surface area contributed by atoms with Gasteiger partial charge in [-0.15, -0.1) is 0 Å². The van der Waals surface area contributed by atoms with E-state index in [4.69, 9.17) is 26.8 Å². The minimum atomic E-state index is 0.396. The third kappa shape index (κ3) is 4.37. The average Bonchev–Trinajstić information content (AvgIpc) is 2.48. The summed E-state index contributed by atoms with van der Waals surface area (Å²) in [5.41, 5.74) is 7.65. The molecule has 0 heterocycles. The first-order valence-corrected chi connectivity index (χ1v) is 7.75. The second-order valence-corrected chi connectivity index (χ2v) is 5.83. The van der Waals surface area contributed by atoms with Gasteiger partial charge < -0.3 is 15.2 Å². The molecule has 112 valence electrons. The van der Waals surface area contributed by atoms with Crippen molar-refractivity contribution < 1.29 is 9.47 Å². The summed E-state index contributed by atoms with van der Waals surface area (Å²) in [5.74, 6) is 1.56. The lowest BCUT2D eigenvalue weighted by Gasteiger charge is -2.12. The number of rotatable bonds is 6. The van der Waals surface area contributed by atoms with Crippen LogP contribution in [0.15, 0.2) is 40.9 Å². The van der Waals surface area contributed by atoms with Crippen molar-refractivity contribution in [1.29, 1.82) is 0 Å². The molecule has 0 aliphatic rings. The van der Waals surface area contributed by atoms with Gasteiger partial charge in [0.15, 0.2) is 0 Å². The molecule has 0 unspecified atom stereocenters. The Morgan fingerprint density at radius 2 is 1.95 bits per heavy atom. The molecule has 0 aliphatic carbocycles. The van der Waals surface area contributed by atoms with Crippen LogP contribution in [0.2, 0.25) is 5.02 Å². The summed E-state index contributed by atoms with van der Waals surface area (Å²) in [4.78, 5) is 0. The van der Waals surface area contributed by atoms with E-state index in [0.29, 0.717) is 18.2 Å². The van der Waals surface area contributed by atoms with E-state index in [1.807, 2.05) is 30.3 Å². The fraction of sp³-hybridized carbons (Fsp3) is 0.250. The number of ether oxygens (including phenoxy) is 2. The highest BCUT2D eigenvalue weighted by Crippen LogP contribution is 2.26. The lowest BCUT2D eigenvalue weighted by molar-refractivity contribution is 0.296. The van der Waals surface area contributed by atoms with Crippen molar-refractivity contribution in [3.05, 3.63) is 57.0 Å². The van der Waals surface area contributed by atoms with Crippen LogP contribution < -0.4 is 15.2 Å². The number of hydrogen-bond acceptors (Lipinski definition) is 3. The first kappa shape index (κ1) is 16.1. The van der Waals surface area contributed by atoms with Crippen molar-refractivity contribution >= 4 is 27.5 Å². The molecule has 2 aromatic rings. The van der Waals surface area contributed by atoms with E-state index in [2.05, 4.69) is 15.9 Å². The van der Waals surface area contributed by atoms with Gasteiger partial charge in [0.2, 0.25) is 0 Å². The van der Waals surface area contributed by atoms with Crippen LogP contribution in [0.25, 0.3) is 0 Å². The fourth-order valence-corrected chi connectivity index (χ4v) is 2.65. The standard InChI is InChI=1S/C16H17BrClNO2/c1-20-16-5-2-13(18)8-12(16)10-21-14-3-4-15(17)11(9-14)6-7-19/h2-5,8-9H,6-7,10,19H2,1H3. The predicted molar refractivity (Wildman–Crippen MR) is 89.2 cm³/mol. The molecule has 3 nitrogen and oxygen atoms in total. The molecule has 0 fully saturated rings. The minimum absolute atomic E-state index is 0.396. The second-order valence-electron chi connectivity index (χ2n) is 4.54. The van der Waals surface area contributed by atoms with Gasteiger partial charge in [0.25, 0.3) is 0 Å². The summed E-state index contributed by atoms with van der Waals surface area (Å²) in [6.07, 6.45) is 0.804. The van der Waals surface area contributed by atoms with Crippen molar-refractivity contribution in [2.45, 2.75) is 13.0 Å². The third-order valence-electron chi connectivity index (χ3n) is 3.07. The summed E-state index contributed by atoms with van der Waals surface area (Å²) in [6, 6.07) is 11.4. The summed E-state index contributed by atoms with van der Waals surface area (Å²) in [5, 5.41) is 0.661. The highest BCUT2D eigenvalue weighted by molar-refractivity contribution is 9.10. The van der Waals surface area contributed by atoms with Crippen LogP contribution in [0.1, 0.15) is 11.1 Å². The molecule has 0 saturated heterocycles. The van der Waals surface area contributed by atoms with Crippen LogP contribution in [-0.4, -0.2) is 13.7 Å². The van der Waals surface area contributed by atoms with E-state index in [9.17, 15) is 0 Å². The molecule has 0 spiro atoms. The Morgan fingerprint density at radius 1 is 1.14 bits per heavy atom. The van der Waals surface area contributed by atoms with Gasteiger partial charge in [-0.25, -0.2) is 0 Å². The molecule has 2 aromatic carbocycles. The largest absolute Gasteiger partial charge is 0.496 e. The van der Waals surface area contributed by atoms with Crippen molar-refractivity contribution in [1.82, 2.24) is 0 Å². The van der Waals surface area contributed by atoms with E-state index >= 15 is 0 Å². The van der Waals surface area contributed by atoms with Crippen LogP contribution in [0.4, 0.5) is 0 Å². The zero-order valence-electron chi connectivity index (χ0n) is 11.7. The Kier molecular flexibility index (Phi) is 5.91. The van der Waals surface area contributed by atoms with E-state index in [0.717, 1.165) is 33.5 Å². The first-order valence-electron chi connectivity index (χ1n) is 6.57. The zero-order valence-corrected chi connectivity index (χ0v) is 14.1. The fourth-order valence-electron chi connectivity index (χ4n) is 2.01. The van der Waals surface area contributed by atoms with Gasteiger partial charge in [-0.3, -0.25) is 0 Å². The molecule has 0 aromatic heterocycles. The van der Waals surface area contributed by atoms with E-state index in [1.165, 1.54) is 0 Å². The minimum Gasteiger partial charge on any atom is -0.496 e. The molecule has 0 bridgehead atoms. The van der Waals surface area contributed by atoms with Crippen molar-refractivity contribution in [3.8, 4) is 11.5 Å². The van der Waals surface area contributed by atoms with Gasteiger partial charge in [-0.1, -0.05) is 27.5 Å². The van der Waals surface area contributed by atoms with Crippen molar-refractivity contribution in [2.24, 2.45) is 5.73 Å². The zero-order chi connectivity index (χ0) is 15.2. The normalized spacial score (nSPS) is 10.5. The SMILES string of the molecule is COc1ccc(Cl)cc1COc1ccc(Br)c(CCN)c1. The molecule has 0 radical (unpaired) electrons. The van der Waals surface area contributed by atoms with Gasteiger partial charge in [-0.05, 0) is 54.9 Å². The summed E-state index contributed by atoms with van der Waals surface area (Å²) in [6.45, 7) is 0.998. The molecule has 2 N–H and O–H groups in total. The van der Waals surface area contributed by atoms with Gasteiger partial charge in [-0.2, -0.15) is 0 Å². The monoisotopic (exact) mass is 369 g/mol. The van der Waals surface area contributed by atoms with Crippen LogP contribution in [-0.2, 0) is 13.0 Å². The number of halogens is 2. The summed E-state index contributed by atoms with van der Waals surface area (Å²) < 4.78 is 12.2. The van der Waals surface area contributed by atoms with Gasteiger partial charge in [0.1, 0.15) is 18.1 Å². The predicted octanol–water partition coefficient (Wildman–Crippen LogP) is 4.19. The molecule has 2 rings (SSSR count). The number of nitrogens with two attached hydrogens (primary N) is 1. The van der Waals surface area contributed by atoms with Crippen LogP contribution >= 0.6 is 27.5 Å². The topological polar surface area (TPSA) is 44.5 Å². The van der Waals surface area contributed by atoms with Gasteiger partial charge in [0.05, 0.1) is 7.11 Å². The lowest BCUT2D eigenvalue weighted by atomic mass is 10.1. The van der Waals surface area contributed by atoms with Crippen molar-refractivity contribution in [3.63, 3.8) is 0 Å². The van der Waals surface area contributed by atoms with Gasteiger partial charge in [0, 0.05) is 15.1 Å². The lowest BCUT2D eigenvalue weighted by Crippen LogP contribution is -2.04. The Bertz CT molecular complexity index is 619. The number of benzene rings is 2. The number of hydrogen-bond donors (Lipinski definition) is 1. The van der Waals surface area contributed by atoms with E-state index in [1.54, 1.807) is 13.2 Å². The maximum absolute atomic E-state index is 6.01. The smallest absolute Gasteiger partial charge is 0.125 e. The molecule has 5 heteroatoms. The van der Waals surface area contributed by atoms with Gasteiger partial charge >= 0.3 is 0 Å². The van der Waals surface area contributed by atoms with E-state index < -0.39 is 0 Å². The summed E-state index contributed by atoms with van der Waals surface area (Å²) in [7, 11) is 1.63. The summed E-state index contributed by atoms with van der Waals surface area (Å²) >= 11 is 9.52. The highest BCUT2D eigenvalue weighted by atomic mass is 79.9. The molecular weight excluding hydrogens is 354 g/mol. The molecule has 0 amide bonds. The Balaban J connectivity index is 2.13. The third-order valence-corrected chi connectivity index (χ3v) is 4.08. The molecule has 0 aliphatic heterocycles. The quantitative estimate of drug-likeness (QED) is 0.829. The Hall–Kier alpha value is -1.23.